The zero-order chi connectivity index (χ0) is 25.6. The van der Waals surface area contributed by atoms with Crippen molar-refractivity contribution in [3.05, 3.63) is 47.0 Å². The Morgan fingerprint density at radius 3 is 2.60 bits per heavy atom. The van der Waals surface area contributed by atoms with Gasteiger partial charge in [-0.15, -0.1) is 0 Å². The highest BCUT2D eigenvalue weighted by molar-refractivity contribution is 5.98. The van der Waals surface area contributed by atoms with Crippen molar-refractivity contribution in [2.75, 3.05) is 17.7 Å². The van der Waals surface area contributed by atoms with Gasteiger partial charge in [0.2, 0.25) is 0 Å². The van der Waals surface area contributed by atoms with E-state index in [0.717, 1.165) is 36.9 Å². The SMILES string of the molecule is COC(=O)c1c(C#N)cc(N[C@@H]2CCCC[C@@H]2CC(=O)OC(C)(C)C)nc1Nc1cccc(C)c1. The van der Waals surface area contributed by atoms with Gasteiger partial charge in [0, 0.05) is 11.7 Å². The summed E-state index contributed by atoms with van der Waals surface area (Å²) in [6, 6.07) is 11.3. The van der Waals surface area contributed by atoms with Gasteiger partial charge in [-0.25, -0.2) is 9.78 Å². The fourth-order valence-corrected chi connectivity index (χ4v) is 4.40. The van der Waals surface area contributed by atoms with Crippen molar-refractivity contribution >= 4 is 29.3 Å². The quantitative estimate of drug-likeness (QED) is 0.502. The van der Waals surface area contributed by atoms with Crippen LogP contribution in [0.1, 0.15) is 74.4 Å². The molecule has 1 aliphatic rings. The summed E-state index contributed by atoms with van der Waals surface area (Å²) in [5.41, 5.74) is 1.48. The minimum absolute atomic E-state index is 0.00823. The molecule has 1 saturated carbocycles. The molecule has 186 valence electrons. The number of pyridine rings is 1. The van der Waals surface area contributed by atoms with Gasteiger partial charge in [-0.1, -0.05) is 25.0 Å². The number of benzene rings is 1. The Morgan fingerprint density at radius 2 is 1.94 bits per heavy atom. The first-order chi connectivity index (χ1) is 16.6. The maximum Gasteiger partial charge on any atom is 0.343 e. The first-order valence-electron chi connectivity index (χ1n) is 11.9. The molecule has 35 heavy (non-hydrogen) atoms. The molecule has 1 aromatic carbocycles. The van der Waals surface area contributed by atoms with Crippen LogP contribution in [0, 0.1) is 24.2 Å². The van der Waals surface area contributed by atoms with Crippen LogP contribution in [0.4, 0.5) is 17.3 Å². The Morgan fingerprint density at radius 1 is 1.20 bits per heavy atom. The predicted octanol–water partition coefficient (Wildman–Crippen LogP) is 5.49. The van der Waals surface area contributed by atoms with Crippen molar-refractivity contribution in [2.45, 2.75) is 71.4 Å². The molecule has 2 atom stereocenters. The fourth-order valence-electron chi connectivity index (χ4n) is 4.40. The predicted molar refractivity (Wildman–Crippen MR) is 135 cm³/mol. The Hall–Kier alpha value is -3.60. The third kappa shape index (κ3) is 7.19. The summed E-state index contributed by atoms with van der Waals surface area (Å²) in [7, 11) is 1.27. The molecule has 3 rings (SSSR count). The maximum atomic E-state index is 12.5. The van der Waals surface area contributed by atoms with E-state index in [9.17, 15) is 14.9 Å². The molecular weight excluding hydrogens is 444 g/mol. The van der Waals surface area contributed by atoms with Crippen LogP contribution in [-0.4, -0.2) is 35.7 Å². The molecule has 0 aliphatic heterocycles. The third-order valence-corrected chi connectivity index (χ3v) is 5.90. The standard InChI is InChI=1S/C27H34N4O4/c1-17-9-8-11-20(13-17)29-25-24(26(33)34-5)19(16-28)14-22(31-25)30-21-12-7-6-10-18(21)15-23(32)35-27(2,3)4/h8-9,11,13-14,18,21H,6-7,10,12,15H2,1-5H3,(H2,29,30,31)/t18-,21-/m1/s1. The van der Waals surface area contributed by atoms with Gasteiger partial charge >= 0.3 is 11.9 Å². The normalized spacial score (nSPS) is 17.7. The third-order valence-electron chi connectivity index (χ3n) is 5.90. The van der Waals surface area contributed by atoms with E-state index < -0.39 is 11.6 Å². The van der Waals surface area contributed by atoms with Gasteiger partial charge in [0.05, 0.1) is 19.1 Å². The highest BCUT2D eigenvalue weighted by Gasteiger charge is 2.30. The second-order valence-corrected chi connectivity index (χ2v) is 9.96. The molecular formula is C27H34N4O4. The summed E-state index contributed by atoms with van der Waals surface area (Å²) >= 11 is 0. The minimum Gasteiger partial charge on any atom is -0.465 e. The highest BCUT2D eigenvalue weighted by atomic mass is 16.6. The number of rotatable bonds is 7. The van der Waals surface area contributed by atoms with Gasteiger partial charge in [0.15, 0.2) is 0 Å². The molecule has 1 aliphatic carbocycles. The van der Waals surface area contributed by atoms with E-state index in [0.29, 0.717) is 12.2 Å². The first kappa shape index (κ1) is 26.0. The molecule has 8 nitrogen and oxygen atoms in total. The summed E-state index contributed by atoms with van der Waals surface area (Å²) in [6.07, 6.45) is 4.16. The van der Waals surface area contributed by atoms with E-state index in [1.54, 1.807) is 6.07 Å². The van der Waals surface area contributed by atoms with E-state index in [-0.39, 0.29) is 34.9 Å². The number of ether oxygens (including phenoxy) is 2. The molecule has 1 fully saturated rings. The lowest BCUT2D eigenvalue weighted by atomic mass is 9.82. The summed E-state index contributed by atoms with van der Waals surface area (Å²) in [4.78, 5) is 29.7. The Kier molecular flexibility index (Phi) is 8.34. The van der Waals surface area contributed by atoms with Gasteiger partial charge in [-0.05, 0) is 70.2 Å². The van der Waals surface area contributed by atoms with Crippen LogP contribution in [0.25, 0.3) is 0 Å². The van der Waals surface area contributed by atoms with Crippen LogP contribution in [0.2, 0.25) is 0 Å². The molecule has 0 bridgehead atoms. The van der Waals surface area contributed by atoms with Crippen molar-refractivity contribution in [3.8, 4) is 6.07 Å². The van der Waals surface area contributed by atoms with Gasteiger partial charge in [-0.3, -0.25) is 4.79 Å². The monoisotopic (exact) mass is 478 g/mol. The van der Waals surface area contributed by atoms with Crippen molar-refractivity contribution < 1.29 is 19.1 Å². The number of carbonyl (C=O) groups excluding carboxylic acids is 2. The molecule has 8 heteroatoms. The van der Waals surface area contributed by atoms with E-state index in [4.69, 9.17) is 9.47 Å². The van der Waals surface area contributed by atoms with Crippen LogP contribution >= 0.6 is 0 Å². The molecule has 1 aromatic heterocycles. The molecule has 0 saturated heterocycles. The highest BCUT2D eigenvalue weighted by Crippen LogP contribution is 2.32. The van der Waals surface area contributed by atoms with Gasteiger partial charge < -0.3 is 20.1 Å². The lowest BCUT2D eigenvalue weighted by Crippen LogP contribution is -2.35. The van der Waals surface area contributed by atoms with E-state index in [1.807, 2.05) is 52.0 Å². The number of esters is 2. The van der Waals surface area contributed by atoms with Crippen LogP contribution in [0.15, 0.2) is 30.3 Å². The van der Waals surface area contributed by atoms with Gasteiger partial charge in [-0.2, -0.15) is 5.26 Å². The summed E-state index contributed by atoms with van der Waals surface area (Å²) < 4.78 is 10.5. The largest absolute Gasteiger partial charge is 0.465 e. The van der Waals surface area contributed by atoms with Crippen LogP contribution in [0.3, 0.4) is 0 Å². The zero-order valence-corrected chi connectivity index (χ0v) is 21.1. The lowest BCUT2D eigenvalue weighted by molar-refractivity contribution is -0.156. The summed E-state index contributed by atoms with van der Waals surface area (Å²) in [5, 5.41) is 16.4. The number of nitrogens with zero attached hydrogens (tertiary/aromatic N) is 2. The maximum absolute atomic E-state index is 12.5. The lowest BCUT2D eigenvalue weighted by Gasteiger charge is -2.33. The van der Waals surface area contributed by atoms with Crippen molar-refractivity contribution in [1.82, 2.24) is 4.98 Å². The second kappa shape index (κ2) is 11.2. The molecule has 2 aromatic rings. The number of carbonyl (C=O) groups is 2. The summed E-state index contributed by atoms with van der Waals surface area (Å²) in [6.45, 7) is 7.55. The zero-order valence-electron chi connectivity index (χ0n) is 21.1. The van der Waals surface area contributed by atoms with Gasteiger partial charge in [0.25, 0.3) is 0 Å². The molecule has 1 heterocycles. The number of methoxy groups -OCH3 is 1. The smallest absolute Gasteiger partial charge is 0.343 e. The summed E-state index contributed by atoms with van der Waals surface area (Å²) in [5.74, 6) is -0.0747. The molecule has 0 spiro atoms. The average Bonchev–Trinajstić information content (AvgIpc) is 2.78. The Balaban J connectivity index is 1.91. The number of nitrogens with one attached hydrogen (secondary N) is 2. The van der Waals surface area contributed by atoms with Crippen LogP contribution < -0.4 is 10.6 Å². The molecule has 0 radical (unpaired) electrons. The Labute approximate surface area is 207 Å². The molecule has 0 amide bonds. The van der Waals surface area contributed by atoms with E-state index in [2.05, 4.69) is 21.7 Å². The number of hydrogen-bond donors (Lipinski definition) is 2. The molecule has 2 N–H and O–H groups in total. The minimum atomic E-state index is -0.642. The number of aromatic nitrogens is 1. The molecule has 0 unspecified atom stereocenters. The van der Waals surface area contributed by atoms with Crippen LogP contribution in [0.5, 0.6) is 0 Å². The van der Waals surface area contributed by atoms with E-state index in [1.165, 1.54) is 7.11 Å². The van der Waals surface area contributed by atoms with Gasteiger partial charge in [0.1, 0.15) is 28.9 Å². The van der Waals surface area contributed by atoms with Crippen molar-refractivity contribution in [1.29, 1.82) is 5.26 Å². The Bertz CT molecular complexity index is 1120. The first-order valence-corrected chi connectivity index (χ1v) is 11.9. The number of aryl methyl sites for hydroxylation is 1. The number of nitriles is 1. The van der Waals surface area contributed by atoms with Crippen molar-refractivity contribution in [2.24, 2.45) is 5.92 Å². The second-order valence-electron chi connectivity index (χ2n) is 9.96. The van der Waals surface area contributed by atoms with E-state index >= 15 is 0 Å². The fraction of sp³-hybridized carbons (Fsp3) is 0.481. The average molecular weight is 479 g/mol. The number of hydrogen-bond acceptors (Lipinski definition) is 8. The van der Waals surface area contributed by atoms with Crippen LogP contribution in [-0.2, 0) is 14.3 Å². The topological polar surface area (TPSA) is 113 Å². The van der Waals surface area contributed by atoms with Crippen molar-refractivity contribution in [3.63, 3.8) is 0 Å². The number of anilines is 3.